The van der Waals surface area contributed by atoms with E-state index < -0.39 is 0 Å². The molecule has 1 fully saturated rings. The van der Waals surface area contributed by atoms with Gasteiger partial charge in [0.2, 0.25) is 11.8 Å². The van der Waals surface area contributed by atoms with Crippen LogP contribution < -0.4 is 0 Å². The average Bonchev–Trinajstić information content (AvgIpc) is 2.64. The van der Waals surface area contributed by atoms with E-state index in [1.54, 1.807) is 26.0 Å². The Morgan fingerprint density at radius 2 is 1.62 bits per heavy atom. The SMILES string of the molecule is CC1C(=O)N(CCN(C)Cc2ccc(F)cc2)C(=O)C1C. The molecule has 2 atom stereocenters. The third-order valence-electron chi connectivity index (χ3n) is 4.13. The Balaban J connectivity index is 1.87. The predicted molar refractivity (Wildman–Crippen MR) is 77.8 cm³/mol. The molecule has 1 aliphatic heterocycles. The molecule has 0 bridgehead atoms. The van der Waals surface area contributed by atoms with E-state index in [1.807, 2.05) is 11.9 Å². The van der Waals surface area contributed by atoms with E-state index in [1.165, 1.54) is 17.0 Å². The van der Waals surface area contributed by atoms with Crippen molar-refractivity contribution in [3.8, 4) is 0 Å². The molecular formula is C16H21FN2O2. The summed E-state index contributed by atoms with van der Waals surface area (Å²) in [5, 5.41) is 0. The van der Waals surface area contributed by atoms with Gasteiger partial charge in [-0.05, 0) is 24.7 Å². The molecule has 4 nitrogen and oxygen atoms in total. The lowest BCUT2D eigenvalue weighted by molar-refractivity contribution is -0.139. The Kier molecular flexibility index (Phi) is 4.73. The largest absolute Gasteiger partial charge is 0.300 e. The van der Waals surface area contributed by atoms with E-state index >= 15 is 0 Å². The number of nitrogens with zero attached hydrogens (tertiary/aromatic N) is 2. The smallest absolute Gasteiger partial charge is 0.232 e. The lowest BCUT2D eigenvalue weighted by atomic mass is 10.00. The number of benzene rings is 1. The zero-order valence-corrected chi connectivity index (χ0v) is 12.7. The molecule has 114 valence electrons. The van der Waals surface area contributed by atoms with Crippen LogP contribution in [-0.2, 0) is 16.1 Å². The van der Waals surface area contributed by atoms with Crippen LogP contribution in [0.1, 0.15) is 19.4 Å². The van der Waals surface area contributed by atoms with Crippen molar-refractivity contribution in [2.45, 2.75) is 20.4 Å². The Morgan fingerprint density at radius 1 is 1.10 bits per heavy atom. The van der Waals surface area contributed by atoms with Crippen LogP contribution >= 0.6 is 0 Å². The summed E-state index contributed by atoms with van der Waals surface area (Å²) in [6.07, 6.45) is 0. The number of carbonyl (C=O) groups is 2. The van der Waals surface area contributed by atoms with Gasteiger partial charge >= 0.3 is 0 Å². The van der Waals surface area contributed by atoms with Gasteiger partial charge in [-0.1, -0.05) is 26.0 Å². The fraction of sp³-hybridized carbons (Fsp3) is 0.500. The molecular weight excluding hydrogens is 271 g/mol. The first-order valence-corrected chi connectivity index (χ1v) is 7.18. The first-order valence-electron chi connectivity index (χ1n) is 7.18. The second-order valence-corrected chi connectivity index (χ2v) is 5.77. The summed E-state index contributed by atoms with van der Waals surface area (Å²) in [7, 11) is 1.92. The van der Waals surface area contributed by atoms with Crippen molar-refractivity contribution < 1.29 is 14.0 Å². The topological polar surface area (TPSA) is 40.6 Å². The number of halogens is 1. The Bertz CT molecular complexity index is 510. The van der Waals surface area contributed by atoms with Crippen molar-refractivity contribution in [2.24, 2.45) is 11.8 Å². The van der Waals surface area contributed by atoms with Gasteiger partial charge in [-0.3, -0.25) is 14.5 Å². The molecule has 21 heavy (non-hydrogen) atoms. The number of likely N-dealkylation sites (N-methyl/N-ethyl adjacent to an activating group) is 1. The molecule has 1 heterocycles. The molecule has 1 saturated heterocycles. The summed E-state index contributed by atoms with van der Waals surface area (Å²) in [4.78, 5) is 27.3. The van der Waals surface area contributed by atoms with Crippen LogP contribution in [0.25, 0.3) is 0 Å². The van der Waals surface area contributed by atoms with Crippen molar-refractivity contribution in [1.82, 2.24) is 9.80 Å². The maximum absolute atomic E-state index is 12.8. The standard InChI is InChI=1S/C16H21FN2O2/c1-11-12(2)16(21)19(15(11)20)9-8-18(3)10-13-4-6-14(17)7-5-13/h4-7,11-12H,8-10H2,1-3H3. The molecule has 5 heteroatoms. The number of hydrogen-bond donors (Lipinski definition) is 0. The van der Waals surface area contributed by atoms with Crippen molar-refractivity contribution in [2.75, 3.05) is 20.1 Å². The normalized spacial score (nSPS) is 22.4. The van der Waals surface area contributed by atoms with Gasteiger partial charge in [-0.25, -0.2) is 4.39 Å². The van der Waals surface area contributed by atoms with E-state index in [0.717, 1.165) is 5.56 Å². The molecule has 0 N–H and O–H groups in total. The Morgan fingerprint density at radius 3 is 2.14 bits per heavy atom. The molecule has 2 amide bonds. The highest BCUT2D eigenvalue weighted by atomic mass is 19.1. The minimum atomic E-state index is -0.252. The minimum Gasteiger partial charge on any atom is -0.300 e. The zero-order chi connectivity index (χ0) is 15.6. The minimum absolute atomic E-state index is 0.0808. The predicted octanol–water partition coefficient (Wildman–Crippen LogP) is 1.90. The number of carbonyl (C=O) groups excluding carboxylic acids is 2. The van der Waals surface area contributed by atoms with Gasteiger partial charge in [0.25, 0.3) is 0 Å². The second kappa shape index (κ2) is 6.35. The van der Waals surface area contributed by atoms with E-state index in [-0.39, 0.29) is 29.5 Å². The van der Waals surface area contributed by atoms with Gasteiger partial charge in [0.15, 0.2) is 0 Å². The maximum atomic E-state index is 12.8. The fourth-order valence-electron chi connectivity index (χ4n) is 2.50. The van der Waals surface area contributed by atoms with Crippen LogP contribution in [0.15, 0.2) is 24.3 Å². The van der Waals surface area contributed by atoms with Gasteiger partial charge in [0, 0.05) is 31.5 Å². The summed E-state index contributed by atoms with van der Waals surface area (Å²) in [6, 6.07) is 6.34. The molecule has 0 saturated carbocycles. The second-order valence-electron chi connectivity index (χ2n) is 5.77. The number of imide groups is 1. The van der Waals surface area contributed by atoms with Crippen LogP contribution in [-0.4, -0.2) is 41.8 Å². The first kappa shape index (κ1) is 15.6. The highest BCUT2D eigenvalue weighted by molar-refractivity contribution is 6.04. The first-order chi connectivity index (χ1) is 9.90. The lowest BCUT2D eigenvalue weighted by Crippen LogP contribution is -2.37. The van der Waals surface area contributed by atoms with Crippen molar-refractivity contribution in [3.63, 3.8) is 0 Å². The quantitative estimate of drug-likeness (QED) is 0.778. The third-order valence-corrected chi connectivity index (χ3v) is 4.13. The molecule has 1 aromatic rings. The fourth-order valence-corrected chi connectivity index (χ4v) is 2.50. The van der Waals surface area contributed by atoms with Gasteiger partial charge in [-0.15, -0.1) is 0 Å². The number of hydrogen-bond acceptors (Lipinski definition) is 3. The average molecular weight is 292 g/mol. The highest BCUT2D eigenvalue weighted by Gasteiger charge is 2.41. The van der Waals surface area contributed by atoms with Gasteiger partial charge in [0.05, 0.1) is 0 Å². The van der Waals surface area contributed by atoms with Crippen LogP contribution in [0.4, 0.5) is 4.39 Å². The molecule has 0 aliphatic carbocycles. The van der Waals surface area contributed by atoms with Crippen LogP contribution in [0.5, 0.6) is 0 Å². The Hall–Kier alpha value is -1.75. The molecule has 0 aromatic heterocycles. The molecule has 0 radical (unpaired) electrons. The third kappa shape index (κ3) is 3.47. The maximum Gasteiger partial charge on any atom is 0.232 e. The lowest BCUT2D eigenvalue weighted by Gasteiger charge is -2.21. The number of amides is 2. The molecule has 1 aliphatic rings. The van der Waals surface area contributed by atoms with E-state index in [2.05, 4.69) is 0 Å². The van der Waals surface area contributed by atoms with E-state index in [4.69, 9.17) is 0 Å². The van der Waals surface area contributed by atoms with Gasteiger partial charge < -0.3 is 4.90 Å². The van der Waals surface area contributed by atoms with Crippen LogP contribution in [0.2, 0.25) is 0 Å². The molecule has 2 rings (SSSR count). The summed E-state index contributed by atoms with van der Waals surface area (Å²) < 4.78 is 12.8. The van der Waals surface area contributed by atoms with Crippen LogP contribution in [0.3, 0.4) is 0 Å². The molecule has 0 spiro atoms. The van der Waals surface area contributed by atoms with E-state index in [9.17, 15) is 14.0 Å². The number of rotatable bonds is 5. The summed E-state index contributed by atoms with van der Waals surface area (Å²) in [5.74, 6) is -0.859. The summed E-state index contributed by atoms with van der Waals surface area (Å²) >= 11 is 0. The zero-order valence-electron chi connectivity index (χ0n) is 12.7. The monoisotopic (exact) mass is 292 g/mol. The van der Waals surface area contributed by atoms with Crippen molar-refractivity contribution >= 4 is 11.8 Å². The Labute approximate surface area is 124 Å². The molecule has 1 aromatic carbocycles. The van der Waals surface area contributed by atoms with Crippen molar-refractivity contribution in [3.05, 3.63) is 35.6 Å². The van der Waals surface area contributed by atoms with Crippen molar-refractivity contribution in [1.29, 1.82) is 0 Å². The van der Waals surface area contributed by atoms with Crippen LogP contribution in [0, 0.1) is 17.7 Å². The van der Waals surface area contributed by atoms with Gasteiger partial charge in [-0.2, -0.15) is 0 Å². The summed E-state index contributed by atoms with van der Waals surface area (Å²) in [6.45, 7) is 5.26. The molecule has 2 unspecified atom stereocenters. The van der Waals surface area contributed by atoms with Gasteiger partial charge in [0.1, 0.15) is 5.82 Å². The highest BCUT2D eigenvalue weighted by Crippen LogP contribution is 2.24. The van der Waals surface area contributed by atoms with E-state index in [0.29, 0.717) is 19.6 Å². The number of likely N-dealkylation sites (tertiary alicyclic amines) is 1. The summed E-state index contributed by atoms with van der Waals surface area (Å²) in [5.41, 5.74) is 1.000.